The number of rotatable bonds is 9. The largest absolute Gasteiger partial charge is 0.392 e. The van der Waals surface area contributed by atoms with Crippen LogP contribution in [0.4, 0.5) is 17.2 Å². The van der Waals surface area contributed by atoms with Crippen molar-refractivity contribution < 1.29 is 19.8 Å². The highest BCUT2D eigenvalue weighted by Gasteiger charge is 2.23. The Balaban J connectivity index is 0.00000109. The molecule has 1 fully saturated rings. The molecule has 1 atom stereocenters. The molecule has 10 nitrogen and oxygen atoms in total. The summed E-state index contributed by atoms with van der Waals surface area (Å²) in [6.45, 7) is 10.4. The van der Waals surface area contributed by atoms with Crippen LogP contribution >= 0.6 is 0 Å². The molecule has 248 valence electrons. The lowest BCUT2D eigenvalue weighted by atomic mass is 9.89. The maximum Gasteiger partial charge on any atom is 0.256 e. The van der Waals surface area contributed by atoms with Crippen molar-refractivity contribution in [3.8, 4) is 0 Å². The van der Waals surface area contributed by atoms with Crippen LogP contribution < -0.4 is 15.5 Å². The number of hydrogen-bond donors (Lipinski definition) is 4. The highest BCUT2D eigenvalue weighted by molar-refractivity contribution is 6.04. The second kappa shape index (κ2) is 17.0. The summed E-state index contributed by atoms with van der Waals surface area (Å²) in [4.78, 5) is 29.9. The molecule has 0 saturated carbocycles. The molecular weight excluding hydrogens is 580 g/mol. The van der Waals surface area contributed by atoms with Crippen LogP contribution in [0.25, 0.3) is 10.9 Å². The van der Waals surface area contributed by atoms with Gasteiger partial charge < -0.3 is 40.0 Å². The van der Waals surface area contributed by atoms with Crippen molar-refractivity contribution in [2.45, 2.75) is 51.2 Å². The van der Waals surface area contributed by atoms with Gasteiger partial charge in [0, 0.05) is 59.9 Å². The highest BCUT2D eigenvalue weighted by Crippen LogP contribution is 2.32. The summed E-state index contributed by atoms with van der Waals surface area (Å²) < 4.78 is 2.08. The number of β-amino-alcohol motifs (C(OH)–C–C–N with tert-alkyl or cyclic N) is 1. The molecule has 2 aromatic carbocycles. The lowest BCUT2D eigenvalue weighted by Crippen LogP contribution is -2.37. The van der Waals surface area contributed by atoms with Crippen LogP contribution in [-0.4, -0.2) is 89.3 Å². The van der Waals surface area contributed by atoms with Crippen molar-refractivity contribution in [1.29, 1.82) is 0 Å². The summed E-state index contributed by atoms with van der Waals surface area (Å²) in [6.07, 6.45) is 5.50. The summed E-state index contributed by atoms with van der Waals surface area (Å²) in [5, 5.41) is 27.2. The van der Waals surface area contributed by atoms with E-state index in [-0.39, 0.29) is 12.0 Å². The summed E-state index contributed by atoms with van der Waals surface area (Å²) in [7, 11) is 5.77. The Kier molecular flexibility index (Phi) is 13.4. The molecule has 4 N–H and O–H groups in total. The standard InChI is InChI=1S/C33H41N5O3.C2H7N.CH2O/c1-23(39)21-37-17-13-25(14-18-37)24-5-7-26(8-6-24)32(40)35-31-20-29(11-15-34-31)38(22-33(2,3)41)28-9-10-30-27(19-28)12-16-36(30)4;1-3-2;1-2/h5-12,15-16,19-20,23,25,39,41H,13-14,17-18,21-22H2,1-4H3,(H,34,35,40);3H,1-2H3;1H2. The fourth-order valence-corrected chi connectivity index (χ4v) is 5.73. The van der Waals surface area contributed by atoms with Crippen molar-refractivity contribution in [1.82, 2.24) is 19.8 Å². The quantitative estimate of drug-likeness (QED) is 0.205. The number of likely N-dealkylation sites (tertiary alicyclic amines) is 1. The number of aromatic nitrogens is 2. The number of aliphatic hydroxyl groups excluding tert-OH is 1. The molecule has 1 aliphatic rings. The lowest BCUT2D eigenvalue weighted by Gasteiger charge is -2.32. The number of aryl methyl sites for hydroxylation is 1. The van der Waals surface area contributed by atoms with E-state index in [0.29, 0.717) is 23.8 Å². The number of nitrogens with one attached hydrogen (secondary N) is 2. The number of benzene rings is 2. The van der Waals surface area contributed by atoms with E-state index in [1.165, 1.54) is 5.56 Å². The number of anilines is 3. The summed E-state index contributed by atoms with van der Waals surface area (Å²) >= 11 is 0. The molecule has 0 spiro atoms. The second-order valence-electron chi connectivity index (χ2n) is 12.5. The number of piperidine rings is 1. The number of carbonyl (C=O) groups excluding carboxylic acids is 2. The van der Waals surface area contributed by atoms with Gasteiger partial charge in [0.25, 0.3) is 5.91 Å². The first kappa shape index (κ1) is 36.4. The molecular formula is C36H50N6O4. The van der Waals surface area contributed by atoms with Gasteiger partial charge in [-0.3, -0.25) is 4.79 Å². The molecule has 2 aromatic heterocycles. The van der Waals surface area contributed by atoms with Crippen LogP contribution in [0.15, 0.2) is 73.1 Å². The van der Waals surface area contributed by atoms with E-state index in [1.807, 2.05) is 76.3 Å². The molecule has 0 aliphatic carbocycles. The third-order valence-corrected chi connectivity index (χ3v) is 7.78. The van der Waals surface area contributed by atoms with Gasteiger partial charge in [0.15, 0.2) is 0 Å². The van der Waals surface area contributed by atoms with Crippen LogP contribution in [0.2, 0.25) is 0 Å². The minimum Gasteiger partial charge on any atom is -0.392 e. The van der Waals surface area contributed by atoms with Gasteiger partial charge in [-0.15, -0.1) is 0 Å². The Morgan fingerprint density at radius 2 is 1.67 bits per heavy atom. The first-order valence-electron chi connectivity index (χ1n) is 15.7. The number of pyridine rings is 1. The fourth-order valence-electron chi connectivity index (χ4n) is 5.73. The van der Waals surface area contributed by atoms with Gasteiger partial charge in [-0.1, -0.05) is 12.1 Å². The van der Waals surface area contributed by atoms with E-state index in [4.69, 9.17) is 4.79 Å². The van der Waals surface area contributed by atoms with E-state index in [0.717, 1.165) is 54.8 Å². The molecule has 4 aromatic rings. The topological polar surface area (TPSA) is 123 Å². The van der Waals surface area contributed by atoms with Gasteiger partial charge in [-0.25, -0.2) is 4.98 Å². The Hall–Kier alpha value is -4.09. The number of carbonyl (C=O) groups is 2. The van der Waals surface area contributed by atoms with Crippen molar-refractivity contribution >= 4 is 40.8 Å². The van der Waals surface area contributed by atoms with Gasteiger partial charge in [0.05, 0.1) is 18.2 Å². The molecule has 1 aliphatic heterocycles. The van der Waals surface area contributed by atoms with Crippen LogP contribution in [0, 0.1) is 0 Å². The van der Waals surface area contributed by atoms with Crippen LogP contribution in [-0.2, 0) is 11.8 Å². The predicted molar refractivity (Wildman–Crippen MR) is 187 cm³/mol. The zero-order chi connectivity index (χ0) is 33.9. The number of aliphatic hydroxyl groups is 2. The Bertz CT molecular complexity index is 1520. The Labute approximate surface area is 273 Å². The Morgan fingerprint density at radius 1 is 1.04 bits per heavy atom. The van der Waals surface area contributed by atoms with E-state index < -0.39 is 5.60 Å². The van der Waals surface area contributed by atoms with Crippen molar-refractivity contribution in [2.24, 2.45) is 7.05 Å². The number of nitrogens with zero attached hydrogens (tertiary/aromatic N) is 4. The van der Waals surface area contributed by atoms with Gasteiger partial charge in [0.2, 0.25) is 0 Å². The third kappa shape index (κ3) is 10.2. The average Bonchev–Trinajstić information content (AvgIpc) is 3.41. The van der Waals surface area contributed by atoms with E-state index in [1.54, 1.807) is 20.0 Å². The molecule has 46 heavy (non-hydrogen) atoms. The zero-order valence-electron chi connectivity index (χ0n) is 28.0. The minimum atomic E-state index is -0.950. The smallest absolute Gasteiger partial charge is 0.256 e. The van der Waals surface area contributed by atoms with Gasteiger partial charge in [-0.05, 0) is 115 Å². The monoisotopic (exact) mass is 630 g/mol. The maximum absolute atomic E-state index is 13.1. The minimum absolute atomic E-state index is 0.215. The molecule has 3 heterocycles. The zero-order valence-corrected chi connectivity index (χ0v) is 28.0. The molecule has 0 radical (unpaired) electrons. The van der Waals surface area contributed by atoms with E-state index in [9.17, 15) is 15.0 Å². The van der Waals surface area contributed by atoms with Gasteiger partial charge >= 0.3 is 0 Å². The second-order valence-corrected chi connectivity index (χ2v) is 12.5. The molecule has 0 bridgehead atoms. The van der Waals surface area contributed by atoms with Crippen molar-refractivity contribution in [3.05, 3.63) is 84.2 Å². The SMILES string of the molecule is C=O.CC(O)CN1CCC(c2ccc(C(=O)Nc3cc(N(CC(C)(C)O)c4ccc5c(ccn5C)c4)ccn3)cc2)CC1.CNC. The predicted octanol–water partition coefficient (Wildman–Crippen LogP) is 4.95. The first-order chi connectivity index (χ1) is 22.0. The molecule has 1 amide bonds. The highest BCUT2D eigenvalue weighted by atomic mass is 16.3. The summed E-state index contributed by atoms with van der Waals surface area (Å²) in [6, 6.07) is 19.9. The number of amides is 1. The van der Waals surface area contributed by atoms with Crippen LogP contribution in [0.5, 0.6) is 0 Å². The molecule has 1 saturated heterocycles. The first-order valence-corrected chi connectivity index (χ1v) is 15.7. The summed E-state index contributed by atoms with van der Waals surface area (Å²) in [5.74, 6) is 0.698. The van der Waals surface area contributed by atoms with E-state index in [2.05, 4.69) is 55.4 Å². The fraction of sp³-hybridized carbons (Fsp3) is 0.417. The number of hydrogen-bond acceptors (Lipinski definition) is 8. The Morgan fingerprint density at radius 3 is 2.28 bits per heavy atom. The maximum atomic E-state index is 13.1. The van der Waals surface area contributed by atoms with Crippen LogP contribution in [0.1, 0.15) is 55.5 Å². The van der Waals surface area contributed by atoms with Crippen molar-refractivity contribution in [3.63, 3.8) is 0 Å². The molecule has 5 rings (SSSR count). The number of fused-ring (bicyclic) bond motifs is 1. The molecule has 10 heteroatoms. The average molecular weight is 631 g/mol. The van der Waals surface area contributed by atoms with Gasteiger partial charge in [0.1, 0.15) is 12.6 Å². The van der Waals surface area contributed by atoms with Crippen molar-refractivity contribution in [2.75, 3.05) is 50.5 Å². The van der Waals surface area contributed by atoms with Gasteiger partial charge in [-0.2, -0.15) is 0 Å². The third-order valence-electron chi connectivity index (χ3n) is 7.78. The van der Waals surface area contributed by atoms with E-state index >= 15 is 0 Å². The lowest BCUT2D eigenvalue weighted by molar-refractivity contribution is -0.0980. The van der Waals surface area contributed by atoms with Crippen LogP contribution in [0.3, 0.4) is 0 Å². The normalized spacial score (nSPS) is 14.4. The summed E-state index contributed by atoms with van der Waals surface area (Å²) in [5.41, 5.74) is 3.78. The molecule has 1 unspecified atom stereocenters.